The molecule has 0 saturated heterocycles. The number of carbonyl (C=O) groups is 1. The molecule has 0 spiro atoms. The molecule has 0 aliphatic heterocycles. The van der Waals surface area contributed by atoms with Crippen LogP contribution < -0.4 is 10.5 Å². The number of anilines is 1. The average molecular weight is 370 g/mol. The third-order valence-corrected chi connectivity index (χ3v) is 4.55. The van der Waals surface area contributed by atoms with Gasteiger partial charge in [-0.25, -0.2) is 9.97 Å². The van der Waals surface area contributed by atoms with Crippen LogP contribution in [0.2, 0.25) is 0 Å². The molecule has 0 aliphatic carbocycles. The molecule has 4 rings (SSSR count). The van der Waals surface area contributed by atoms with Gasteiger partial charge in [0.15, 0.2) is 0 Å². The summed E-state index contributed by atoms with van der Waals surface area (Å²) in [5.74, 6) is 0.0959. The molecule has 0 aliphatic rings. The molecule has 0 atom stereocenters. The molecule has 0 N–H and O–H groups in total. The lowest BCUT2D eigenvalue weighted by Crippen LogP contribution is -2.36. The monoisotopic (exact) mass is 370 g/mol. The van der Waals surface area contributed by atoms with Gasteiger partial charge in [0.25, 0.3) is 11.5 Å². The summed E-state index contributed by atoms with van der Waals surface area (Å²) in [7, 11) is 1.62. The van der Waals surface area contributed by atoms with E-state index in [1.165, 1.54) is 9.47 Å². The van der Waals surface area contributed by atoms with Crippen LogP contribution in [0.15, 0.2) is 83.9 Å². The standard InChI is InChI=1S/C22H18N4O2/c1-25-20-17(10-7-13-24-20)14-18(21(25)27)22(28)26(19-11-5-6-12-23-19)15-16-8-3-2-4-9-16/h2-14H,15H2,1H3. The number of hydrogen-bond acceptors (Lipinski definition) is 4. The summed E-state index contributed by atoms with van der Waals surface area (Å²) in [5.41, 5.74) is 1.19. The molecular formula is C22H18N4O2. The van der Waals surface area contributed by atoms with Crippen molar-refractivity contribution in [2.45, 2.75) is 6.54 Å². The van der Waals surface area contributed by atoms with Crippen LogP contribution in [0.25, 0.3) is 11.0 Å². The van der Waals surface area contributed by atoms with Gasteiger partial charge in [0.2, 0.25) is 0 Å². The highest BCUT2D eigenvalue weighted by Crippen LogP contribution is 2.18. The average Bonchev–Trinajstić information content (AvgIpc) is 2.75. The van der Waals surface area contributed by atoms with Crippen LogP contribution in [0, 0.1) is 0 Å². The number of benzene rings is 1. The van der Waals surface area contributed by atoms with E-state index in [0.29, 0.717) is 18.0 Å². The Balaban J connectivity index is 1.83. The molecule has 6 heteroatoms. The second kappa shape index (κ2) is 7.44. The van der Waals surface area contributed by atoms with E-state index < -0.39 is 5.91 Å². The molecule has 0 saturated carbocycles. The van der Waals surface area contributed by atoms with E-state index in [0.717, 1.165) is 10.9 Å². The molecule has 1 aromatic carbocycles. The molecule has 0 fully saturated rings. The number of aromatic nitrogens is 3. The number of fused-ring (bicyclic) bond motifs is 1. The van der Waals surface area contributed by atoms with E-state index in [1.54, 1.807) is 43.7 Å². The quantitative estimate of drug-likeness (QED) is 0.553. The van der Waals surface area contributed by atoms with Gasteiger partial charge in [0.05, 0.1) is 6.54 Å². The van der Waals surface area contributed by atoms with Crippen LogP contribution in [-0.4, -0.2) is 20.4 Å². The number of hydrogen-bond donors (Lipinski definition) is 0. The molecule has 3 aromatic heterocycles. The van der Waals surface area contributed by atoms with Gasteiger partial charge in [-0.2, -0.15) is 0 Å². The molecular weight excluding hydrogens is 352 g/mol. The predicted molar refractivity (Wildman–Crippen MR) is 108 cm³/mol. The van der Waals surface area contributed by atoms with Crippen LogP contribution in [0.3, 0.4) is 0 Å². The number of pyridine rings is 3. The summed E-state index contributed by atoms with van der Waals surface area (Å²) in [6.45, 7) is 0.310. The van der Waals surface area contributed by atoms with E-state index in [4.69, 9.17) is 0 Å². The Morgan fingerprint density at radius 3 is 2.46 bits per heavy atom. The Hall–Kier alpha value is -3.80. The van der Waals surface area contributed by atoms with Gasteiger partial charge in [0, 0.05) is 24.8 Å². The smallest absolute Gasteiger partial charge is 0.265 e. The van der Waals surface area contributed by atoms with Crippen LogP contribution in [0.4, 0.5) is 5.82 Å². The van der Waals surface area contributed by atoms with Gasteiger partial charge in [-0.3, -0.25) is 19.1 Å². The number of aryl methyl sites for hydroxylation is 1. The summed E-state index contributed by atoms with van der Waals surface area (Å²) in [4.78, 5) is 36.4. The normalized spacial score (nSPS) is 10.8. The van der Waals surface area contributed by atoms with Crippen LogP contribution >= 0.6 is 0 Å². The van der Waals surface area contributed by atoms with Crippen molar-refractivity contribution >= 4 is 22.8 Å². The topological polar surface area (TPSA) is 68.1 Å². The third kappa shape index (κ3) is 3.27. The highest BCUT2D eigenvalue weighted by atomic mass is 16.2. The molecule has 138 valence electrons. The maximum atomic E-state index is 13.4. The molecule has 6 nitrogen and oxygen atoms in total. The minimum atomic E-state index is -0.395. The SMILES string of the molecule is Cn1c(=O)c(C(=O)N(Cc2ccccc2)c2ccccn2)cc2cccnc21. The van der Waals surface area contributed by atoms with E-state index >= 15 is 0 Å². The zero-order chi connectivity index (χ0) is 19.5. The summed E-state index contributed by atoms with van der Waals surface area (Å²) >= 11 is 0. The summed E-state index contributed by atoms with van der Waals surface area (Å²) in [6.07, 6.45) is 3.25. The van der Waals surface area contributed by atoms with Gasteiger partial charge < -0.3 is 0 Å². The Kier molecular flexibility index (Phi) is 4.68. The maximum absolute atomic E-state index is 13.4. The first-order valence-electron chi connectivity index (χ1n) is 8.87. The lowest BCUT2D eigenvalue weighted by atomic mass is 10.1. The van der Waals surface area contributed by atoms with Crippen molar-refractivity contribution in [3.63, 3.8) is 0 Å². The minimum absolute atomic E-state index is 0.0876. The van der Waals surface area contributed by atoms with Gasteiger partial charge in [-0.15, -0.1) is 0 Å². The van der Waals surface area contributed by atoms with Crippen LogP contribution in [0.1, 0.15) is 15.9 Å². The van der Waals surface area contributed by atoms with Gasteiger partial charge in [-0.1, -0.05) is 36.4 Å². The lowest BCUT2D eigenvalue weighted by molar-refractivity contribution is 0.0982. The molecule has 0 radical (unpaired) electrons. The van der Waals surface area contributed by atoms with E-state index in [9.17, 15) is 9.59 Å². The number of rotatable bonds is 4. The molecule has 3 heterocycles. The predicted octanol–water partition coefficient (Wildman–Crippen LogP) is 3.18. The van der Waals surface area contributed by atoms with Crippen molar-refractivity contribution in [2.75, 3.05) is 4.90 Å². The van der Waals surface area contributed by atoms with Crippen molar-refractivity contribution < 1.29 is 4.79 Å². The first kappa shape index (κ1) is 17.6. The Bertz CT molecular complexity index is 1190. The first-order valence-corrected chi connectivity index (χ1v) is 8.87. The largest absolute Gasteiger partial charge is 0.295 e. The highest BCUT2D eigenvalue weighted by molar-refractivity contribution is 6.06. The third-order valence-electron chi connectivity index (χ3n) is 4.55. The van der Waals surface area contributed by atoms with Gasteiger partial charge in [-0.05, 0) is 35.9 Å². The molecule has 0 bridgehead atoms. The fraction of sp³-hybridized carbons (Fsp3) is 0.0909. The fourth-order valence-corrected chi connectivity index (χ4v) is 3.13. The lowest BCUT2D eigenvalue weighted by Gasteiger charge is -2.22. The summed E-state index contributed by atoms with van der Waals surface area (Å²) < 4.78 is 1.40. The first-order chi connectivity index (χ1) is 13.6. The van der Waals surface area contributed by atoms with Crippen molar-refractivity contribution in [1.82, 2.24) is 14.5 Å². The highest BCUT2D eigenvalue weighted by Gasteiger charge is 2.23. The zero-order valence-electron chi connectivity index (χ0n) is 15.3. The number of amides is 1. The van der Waals surface area contributed by atoms with Crippen molar-refractivity contribution in [2.24, 2.45) is 7.05 Å². The van der Waals surface area contributed by atoms with Gasteiger partial charge >= 0.3 is 0 Å². The van der Waals surface area contributed by atoms with Gasteiger partial charge in [0.1, 0.15) is 17.0 Å². The van der Waals surface area contributed by atoms with E-state index in [1.807, 2.05) is 42.5 Å². The minimum Gasteiger partial charge on any atom is -0.295 e. The Morgan fingerprint density at radius 1 is 0.964 bits per heavy atom. The van der Waals surface area contributed by atoms with Crippen LogP contribution in [-0.2, 0) is 13.6 Å². The summed E-state index contributed by atoms with van der Waals surface area (Å²) in [5, 5.41) is 0.730. The van der Waals surface area contributed by atoms with Crippen molar-refractivity contribution in [3.8, 4) is 0 Å². The zero-order valence-corrected chi connectivity index (χ0v) is 15.3. The second-order valence-corrected chi connectivity index (χ2v) is 6.40. The van der Waals surface area contributed by atoms with Crippen molar-refractivity contribution in [3.05, 3.63) is 101 Å². The van der Waals surface area contributed by atoms with Crippen LogP contribution in [0.5, 0.6) is 0 Å². The number of nitrogens with zero attached hydrogens (tertiary/aromatic N) is 4. The van der Waals surface area contributed by atoms with E-state index in [2.05, 4.69) is 9.97 Å². The molecule has 4 aromatic rings. The van der Waals surface area contributed by atoms with Crippen molar-refractivity contribution in [1.29, 1.82) is 0 Å². The van der Waals surface area contributed by atoms with E-state index in [-0.39, 0.29) is 11.1 Å². The number of carbonyl (C=O) groups excluding carboxylic acids is 1. The Morgan fingerprint density at radius 2 is 1.71 bits per heavy atom. The maximum Gasteiger partial charge on any atom is 0.265 e. The second-order valence-electron chi connectivity index (χ2n) is 6.40. The Labute approximate surface area is 161 Å². The molecule has 1 amide bonds. The summed E-state index contributed by atoms with van der Waals surface area (Å²) in [6, 6.07) is 20.2. The molecule has 0 unspecified atom stereocenters. The molecule has 28 heavy (non-hydrogen) atoms. The fourth-order valence-electron chi connectivity index (χ4n) is 3.13.